The maximum absolute atomic E-state index is 5.83. The van der Waals surface area contributed by atoms with Crippen LogP contribution >= 0.6 is 11.6 Å². The molecule has 0 atom stereocenters. The van der Waals surface area contributed by atoms with Crippen molar-refractivity contribution in [3.8, 4) is 0 Å². The van der Waals surface area contributed by atoms with Crippen LogP contribution < -0.4 is 0 Å². The topological polar surface area (TPSA) is 12.5 Å². The average Bonchev–Trinajstić information content (AvgIpc) is 2.36. The molecule has 0 N–H and O–H groups in total. The maximum atomic E-state index is 5.83. The molecular weight excluding hydrogens is 234 g/mol. The van der Waals surface area contributed by atoms with Gasteiger partial charge in [-0.3, -0.25) is 4.90 Å². The highest BCUT2D eigenvalue weighted by Crippen LogP contribution is 2.05. The molecule has 1 rings (SSSR count). The Morgan fingerprint density at radius 3 is 2.59 bits per heavy atom. The second kappa shape index (κ2) is 9.46. The van der Waals surface area contributed by atoms with Crippen molar-refractivity contribution in [3.63, 3.8) is 0 Å². The number of hydrogen-bond donors (Lipinski definition) is 0. The summed E-state index contributed by atoms with van der Waals surface area (Å²) in [7, 11) is 0. The molecule has 96 valence electrons. The van der Waals surface area contributed by atoms with E-state index in [1.165, 1.54) is 5.56 Å². The number of alkyl halides is 1. The molecule has 0 unspecified atom stereocenters. The van der Waals surface area contributed by atoms with Crippen LogP contribution in [0.3, 0.4) is 0 Å². The number of benzene rings is 1. The molecule has 0 saturated heterocycles. The number of ether oxygens (including phenoxy) is 1. The maximum Gasteiger partial charge on any atom is 0.0478 e. The summed E-state index contributed by atoms with van der Waals surface area (Å²) in [4.78, 5) is 2.38. The lowest BCUT2D eigenvalue weighted by Crippen LogP contribution is -2.27. The van der Waals surface area contributed by atoms with Gasteiger partial charge in [0.2, 0.25) is 0 Å². The van der Waals surface area contributed by atoms with Crippen LogP contribution in [0.5, 0.6) is 0 Å². The van der Waals surface area contributed by atoms with Crippen molar-refractivity contribution in [2.24, 2.45) is 0 Å². The van der Waals surface area contributed by atoms with Crippen molar-refractivity contribution in [2.75, 3.05) is 32.2 Å². The summed E-state index contributed by atoms with van der Waals surface area (Å²) in [5, 5.41) is 0. The Morgan fingerprint density at radius 2 is 1.94 bits per heavy atom. The van der Waals surface area contributed by atoms with Gasteiger partial charge in [0.05, 0.1) is 0 Å². The Balaban J connectivity index is 2.32. The number of nitrogens with zero attached hydrogens (tertiary/aromatic N) is 1. The smallest absolute Gasteiger partial charge is 0.0478 e. The Hall–Kier alpha value is -0.570. The second-order valence-corrected chi connectivity index (χ2v) is 4.38. The van der Waals surface area contributed by atoms with Crippen LogP contribution in [0.2, 0.25) is 0 Å². The fourth-order valence-corrected chi connectivity index (χ4v) is 2.00. The predicted octanol–water partition coefficient (Wildman–Crippen LogP) is 3.15. The lowest BCUT2D eigenvalue weighted by molar-refractivity contribution is 0.131. The van der Waals surface area contributed by atoms with Gasteiger partial charge in [0.15, 0.2) is 0 Å². The normalized spacial score (nSPS) is 11.0. The van der Waals surface area contributed by atoms with Crippen LogP contribution in [0.25, 0.3) is 0 Å². The molecule has 0 fully saturated rings. The summed E-state index contributed by atoms with van der Waals surface area (Å²) in [5.41, 5.74) is 1.34. The summed E-state index contributed by atoms with van der Waals surface area (Å²) in [6, 6.07) is 10.5. The minimum atomic E-state index is 0.682. The third-order valence-corrected chi connectivity index (χ3v) is 2.79. The molecule has 0 radical (unpaired) electrons. The fourth-order valence-electron chi connectivity index (χ4n) is 1.77. The van der Waals surface area contributed by atoms with Gasteiger partial charge < -0.3 is 4.74 Å². The van der Waals surface area contributed by atoms with Crippen molar-refractivity contribution in [3.05, 3.63) is 35.9 Å². The van der Waals surface area contributed by atoms with Crippen LogP contribution in [-0.4, -0.2) is 37.1 Å². The summed E-state index contributed by atoms with van der Waals surface area (Å²) in [6.45, 7) is 6.61. The average molecular weight is 256 g/mol. The first-order valence-corrected chi connectivity index (χ1v) is 6.80. The third-order valence-electron chi connectivity index (χ3n) is 2.62. The molecule has 1 aromatic rings. The SMILES string of the molecule is CCOCCCN(CCCl)Cc1ccccc1. The number of hydrogen-bond acceptors (Lipinski definition) is 2. The highest BCUT2D eigenvalue weighted by Gasteiger charge is 2.04. The first-order chi connectivity index (χ1) is 8.36. The van der Waals surface area contributed by atoms with Gasteiger partial charge in [-0.05, 0) is 18.9 Å². The molecule has 0 aliphatic carbocycles. The zero-order valence-corrected chi connectivity index (χ0v) is 11.3. The molecule has 0 saturated carbocycles. The summed E-state index contributed by atoms with van der Waals surface area (Å²) < 4.78 is 5.35. The van der Waals surface area contributed by atoms with E-state index in [-0.39, 0.29) is 0 Å². The van der Waals surface area contributed by atoms with Gasteiger partial charge in [-0.2, -0.15) is 0 Å². The van der Waals surface area contributed by atoms with Crippen molar-refractivity contribution >= 4 is 11.6 Å². The molecule has 17 heavy (non-hydrogen) atoms. The predicted molar refractivity (Wildman–Crippen MR) is 73.5 cm³/mol. The van der Waals surface area contributed by atoms with Crippen molar-refractivity contribution in [1.82, 2.24) is 4.90 Å². The molecule has 3 heteroatoms. The van der Waals surface area contributed by atoms with E-state index in [9.17, 15) is 0 Å². The molecule has 0 aliphatic rings. The van der Waals surface area contributed by atoms with E-state index in [2.05, 4.69) is 29.2 Å². The molecule has 0 spiro atoms. The van der Waals surface area contributed by atoms with Crippen LogP contribution in [0.4, 0.5) is 0 Å². The Labute approximate surface area is 110 Å². The highest BCUT2D eigenvalue weighted by molar-refractivity contribution is 6.18. The van der Waals surface area contributed by atoms with E-state index in [4.69, 9.17) is 16.3 Å². The molecule has 2 nitrogen and oxygen atoms in total. The monoisotopic (exact) mass is 255 g/mol. The van der Waals surface area contributed by atoms with E-state index < -0.39 is 0 Å². The van der Waals surface area contributed by atoms with E-state index >= 15 is 0 Å². The van der Waals surface area contributed by atoms with Crippen LogP contribution in [-0.2, 0) is 11.3 Å². The van der Waals surface area contributed by atoms with Crippen LogP contribution in [0, 0.1) is 0 Å². The number of halogens is 1. The van der Waals surface area contributed by atoms with E-state index in [1.54, 1.807) is 0 Å². The number of rotatable bonds is 9. The first-order valence-electron chi connectivity index (χ1n) is 6.26. The molecule has 0 aromatic heterocycles. The van der Waals surface area contributed by atoms with Gasteiger partial charge in [-0.15, -0.1) is 11.6 Å². The van der Waals surface area contributed by atoms with Crippen molar-refractivity contribution in [1.29, 1.82) is 0 Å². The van der Waals surface area contributed by atoms with Gasteiger partial charge in [-0.1, -0.05) is 30.3 Å². The molecular formula is C14H22ClNO. The molecule has 0 heterocycles. The van der Waals surface area contributed by atoms with E-state index in [0.29, 0.717) is 5.88 Å². The van der Waals surface area contributed by atoms with Crippen LogP contribution in [0.1, 0.15) is 18.9 Å². The lowest BCUT2D eigenvalue weighted by atomic mass is 10.2. The zero-order chi connectivity index (χ0) is 12.3. The Bertz CT molecular complexity index is 279. The van der Waals surface area contributed by atoms with Gasteiger partial charge in [0.1, 0.15) is 0 Å². The minimum absolute atomic E-state index is 0.682. The van der Waals surface area contributed by atoms with Gasteiger partial charge in [-0.25, -0.2) is 0 Å². The van der Waals surface area contributed by atoms with E-state index in [1.807, 2.05) is 13.0 Å². The lowest BCUT2D eigenvalue weighted by Gasteiger charge is -2.21. The summed E-state index contributed by atoms with van der Waals surface area (Å²) in [5.74, 6) is 0.682. The van der Waals surface area contributed by atoms with Crippen molar-refractivity contribution < 1.29 is 4.74 Å². The summed E-state index contributed by atoms with van der Waals surface area (Å²) >= 11 is 5.83. The van der Waals surface area contributed by atoms with Crippen LogP contribution in [0.15, 0.2) is 30.3 Å². The Morgan fingerprint density at radius 1 is 1.18 bits per heavy atom. The fraction of sp³-hybridized carbons (Fsp3) is 0.571. The Kier molecular flexibility index (Phi) is 8.06. The van der Waals surface area contributed by atoms with Gasteiger partial charge in [0.25, 0.3) is 0 Å². The second-order valence-electron chi connectivity index (χ2n) is 4.00. The largest absolute Gasteiger partial charge is 0.382 e. The van der Waals surface area contributed by atoms with Gasteiger partial charge in [0, 0.05) is 38.7 Å². The third kappa shape index (κ3) is 6.67. The zero-order valence-electron chi connectivity index (χ0n) is 10.6. The van der Waals surface area contributed by atoms with Crippen molar-refractivity contribution in [2.45, 2.75) is 19.9 Å². The van der Waals surface area contributed by atoms with Gasteiger partial charge >= 0.3 is 0 Å². The molecule has 0 aliphatic heterocycles. The molecule has 1 aromatic carbocycles. The summed E-state index contributed by atoms with van der Waals surface area (Å²) in [6.07, 6.45) is 1.07. The minimum Gasteiger partial charge on any atom is -0.382 e. The highest BCUT2D eigenvalue weighted by atomic mass is 35.5. The standard InChI is InChI=1S/C14H22ClNO/c1-2-17-12-6-10-16(11-9-15)13-14-7-4-3-5-8-14/h3-5,7-8H,2,6,9-13H2,1H3. The van der Waals surface area contributed by atoms with E-state index in [0.717, 1.165) is 39.3 Å². The molecule has 0 bridgehead atoms. The first kappa shape index (κ1) is 14.5. The molecule has 0 amide bonds. The quantitative estimate of drug-likeness (QED) is 0.497.